The first-order valence-corrected chi connectivity index (χ1v) is 6.13. The van der Waals surface area contributed by atoms with E-state index < -0.39 is 6.10 Å². The second-order valence-electron chi connectivity index (χ2n) is 4.34. The van der Waals surface area contributed by atoms with Gasteiger partial charge < -0.3 is 10.4 Å². The molecule has 1 heterocycles. The predicted octanol–water partition coefficient (Wildman–Crippen LogP) is 2.47. The number of benzene rings is 1. The van der Waals surface area contributed by atoms with Crippen LogP contribution in [-0.4, -0.2) is 16.6 Å². The standard InChI is InChI=1S/C15H18N2O/c1-12(13-7-9-16-10-8-13)17-11-15(18)14-5-3-2-4-6-14/h2-10,12,15,17-18H,11H2,1H3. The van der Waals surface area contributed by atoms with E-state index in [4.69, 9.17) is 0 Å². The van der Waals surface area contributed by atoms with E-state index in [9.17, 15) is 5.11 Å². The average Bonchev–Trinajstić information content (AvgIpc) is 2.46. The Hall–Kier alpha value is -1.71. The van der Waals surface area contributed by atoms with Crippen molar-refractivity contribution < 1.29 is 5.11 Å². The SMILES string of the molecule is CC(NCC(O)c1ccccc1)c1ccncc1. The molecular formula is C15H18N2O. The molecule has 2 N–H and O–H groups in total. The summed E-state index contributed by atoms with van der Waals surface area (Å²) in [6, 6.07) is 13.8. The number of nitrogens with one attached hydrogen (secondary N) is 1. The van der Waals surface area contributed by atoms with E-state index in [-0.39, 0.29) is 6.04 Å². The molecule has 0 fully saturated rings. The molecule has 18 heavy (non-hydrogen) atoms. The summed E-state index contributed by atoms with van der Waals surface area (Å²) >= 11 is 0. The fourth-order valence-electron chi connectivity index (χ4n) is 1.85. The molecule has 0 saturated carbocycles. The highest BCUT2D eigenvalue weighted by Crippen LogP contribution is 2.14. The van der Waals surface area contributed by atoms with Crippen LogP contribution in [0.3, 0.4) is 0 Å². The van der Waals surface area contributed by atoms with Crippen molar-refractivity contribution in [3.8, 4) is 0 Å². The Labute approximate surface area is 108 Å². The highest BCUT2D eigenvalue weighted by molar-refractivity contribution is 5.18. The molecule has 0 aliphatic carbocycles. The monoisotopic (exact) mass is 242 g/mol. The lowest BCUT2D eigenvalue weighted by Crippen LogP contribution is -2.24. The summed E-state index contributed by atoms with van der Waals surface area (Å²) in [7, 11) is 0. The van der Waals surface area contributed by atoms with Crippen molar-refractivity contribution in [2.45, 2.75) is 19.1 Å². The smallest absolute Gasteiger partial charge is 0.0914 e. The third-order valence-electron chi connectivity index (χ3n) is 3.01. The Morgan fingerprint density at radius 1 is 1.06 bits per heavy atom. The second kappa shape index (κ2) is 6.28. The van der Waals surface area contributed by atoms with E-state index in [1.54, 1.807) is 12.4 Å². The lowest BCUT2D eigenvalue weighted by molar-refractivity contribution is 0.171. The molecule has 0 radical (unpaired) electrons. The van der Waals surface area contributed by atoms with Gasteiger partial charge in [-0.2, -0.15) is 0 Å². The van der Waals surface area contributed by atoms with Crippen molar-refractivity contribution in [3.63, 3.8) is 0 Å². The molecule has 1 aromatic carbocycles. The predicted molar refractivity (Wildman–Crippen MR) is 72.1 cm³/mol. The van der Waals surface area contributed by atoms with E-state index in [2.05, 4.69) is 17.2 Å². The van der Waals surface area contributed by atoms with Gasteiger partial charge in [0.1, 0.15) is 0 Å². The molecule has 0 bridgehead atoms. The zero-order chi connectivity index (χ0) is 12.8. The Morgan fingerprint density at radius 2 is 1.72 bits per heavy atom. The maximum absolute atomic E-state index is 10.0. The maximum atomic E-state index is 10.0. The number of aromatic nitrogens is 1. The molecule has 2 atom stereocenters. The minimum Gasteiger partial charge on any atom is -0.387 e. The molecule has 1 aromatic heterocycles. The third kappa shape index (κ3) is 3.39. The summed E-state index contributed by atoms with van der Waals surface area (Å²) in [5, 5.41) is 13.4. The summed E-state index contributed by atoms with van der Waals surface area (Å²) in [4.78, 5) is 3.99. The lowest BCUT2D eigenvalue weighted by atomic mass is 10.1. The van der Waals surface area contributed by atoms with Crippen molar-refractivity contribution >= 4 is 0 Å². The zero-order valence-electron chi connectivity index (χ0n) is 10.5. The number of pyridine rings is 1. The van der Waals surface area contributed by atoms with Gasteiger partial charge in [-0.15, -0.1) is 0 Å². The molecule has 0 saturated heterocycles. The average molecular weight is 242 g/mol. The normalized spacial score (nSPS) is 14.1. The van der Waals surface area contributed by atoms with Crippen LogP contribution in [0.1, 0.15) is 30.2 Å². The van der Waals surface area contributed by atoms with Crippen LogP contribution < -0.4 is 5.32 Å². The minimum absolute atomic E-state index is 0.200. The Morgan fingerprint density at radius 3 is 2.39 bits per heavy atom. The van der Waals surface area contributed by atoms with Gasteiger partial charge in [0, 0.05) is 25.0 Å². The first kappa shape index (κ1) is 12.7. The summed E-state index contributed by atoms with van der Waals surface area (Å²) in [5.74, 6) is 0. The summed E-state index contributed by atoms with van der Waals surface area (Å²) in [5.41, 5.74) is 2.11. The third-order valence-corrected chi connectivity index (χ3v) is 3.01. The van der Waals surface area contributed by atoms with Crippen LogP contribution in [0.25, 0.3) is 0 Å². The Kier molecular flexibility index (Phi) is 4.45. The molecule has 2 unspecified atom stereocenters. The molecule has 3 nitrogen and oxygen atoms in total. The summed E-state index contributed by atoms with van der Waals surface area (Å²) in [6.45, 7) is 2.61. The topological polar surface area (TPSA) is 45.1 Å². The molecule has 94 valence electrons. The van der Waals surface area contributed by atoms with E-state index >= 15 is 0 Å². The van der Waals surface area contributed by atoms with Gasteiger partial charge in [-0.3, -0.25) is 4.98 Å². The van der Waals surface area contributed by atoms with Crippen LogP contribution in [0.2, 0.25) is 0 Å². The van der Waals surface area contributed by atoms with Gasteiger partial charge in [-0.05, 0) is 30.2 Å². The Bertz CT molecular complexity index is 413. The Balaban J connectivity index is 1.89. The van der Waals surface area contributed by atoms with Gasteiger partial charge in [0.05, 0.1) is 6.10 Å². The largest absolute Gasteiger partial charge is 0.387 e. The van der Waals surface area contributed by atoms with Gasteiger partial charge in [0.25, 0.3) is 0 Å². The van der Waals surface area contributed by atoms with Gasteiger partial charge in [-0.25, -0.2) is 0 Å². The molecule has 3 heteroatoms. The highest BCUT2D eigenvalue weighted by Gasteiger charge is 2.09. The number of hydrogen-bond donors (Lipinski definition) is 2. The lowest BCUT2D eigenvalue weighted by Gasteiger charge is -2.17. The van der Waals surface area contributed by atoms with Crippen LogP contribution in [-0.2, 0) is 0 Å². The van der Waals surface area contributed by atoms with Crippen molar-refractivity contribution in [3.05, 3.63) is 66.0 Å². The quantitative estimate of drug-likeness (QED) is 0.846. The minimum atomic E-state index is -0.476. The molecule has 2 aromatic rings. The van der Waals surface area contributed by atoms with E-state index in [0.29, 0.717) is 6.54 Å². The van der Waals surface area contributed by atoms with E-state index in [1.165, 1.54) is 5.56 Å². The van der Waals surface area contributed by atoms with Crippen LogP contribution in [0.4, 0.5) is 0 Å². The van der Waals surface area contributed by atoms with Crippen LogP contribution in [0, 0.1) is 0 Å². The summed E-state index contributed by atoms with van der Waals surface area (Å²) < 4.78 is 0. The van der Waals surface area contributed by atoms with Crippen LogP contribution in [0.5, 0.6) is 0 Å². The van der Waals surface area contributed by atoms with Gasteiger partial charge in [0.2, 0.25) is 0 Å². The van der Waals surface area contributed by atoms with Crippen molar-refractivity contribution in [2.24, 2.45) is 0 Å². The van der Waals surface area contributed by atoms with Gasteiger partial charge in [0.15, 0.2) is 0 Å². The van der Waals surface area contributed by atoms with Crippen molar-refractivity contribution in [2.75, 3.05) is 6.54 Å². The van der Waals surface area contributed by atoms with Gasteiger partial charge >= 0.3 is 0 Å². The second-order valence-corrected chi connectivity index (χ2v) is 4.34. The maximum Gasteiger partial charge on any atom is 0.0914 e. The number of hydrogen-bond acceptors (Lipinski definition) is 3. The first-order valence-electron chi connectivity index (χ1n) is 6.13. The van der Waals surface area contributed by atoms with Crippen molar-refractivity contribution in [1.82, 2.24) is 10.3 Å². The fraction of sp³-hybridized carbons (Fsp3) is 0.267. The van der Waals surface area contributed by atoms with Crippen LogP contribution >= 0.6 is 0 Å². The molecule has 0 aliphatic rings. The molecular weight excluding hydrogens is 224 g/mol. The van der Waals surface area contributed by atoms with Crippen LogP contribution in [0.15, 0.2) is 54.9 Å². The first-order chi connectivity index (χ1) is 8.77. The summed E-state index contributed by atoms with van der Waals surface area (Å²) in [6.07, 6.45) is 3.08. The van der Waals surface area contributed by atoms with Crippen molar-refractivity contribution in [1.29, 1.82) is 0 Å². The molecule has 0 amide bonds. The van der Waals surface area contributed by atoms with E-state index in [0.717, 1.165) is 5.56 Å². The number of rotatable bonds is 5. The molecule has 0 aliphatic heterocycles. The molecule has 0 spiro atoms. The zero-order valence-corrected chi connectivity index (χ0v) is 10.5. The number of aliphatic hydroxyl groups excluding tert-OH is 1. The molecule has 2 rings (SSSR count). The number of nitrogens with zero attached hydrogens (tertiary/aromatic N) is 1. The van der Waals surface area contributed by atoms with E-state index in [1.807, 2.05) is 42.5 Å². The fourth-order valence-corrected chi connectivity index (χ4v) is 1.85. The highest BCUT2D eigenvalue weighted by atomic mass is 16.3. The van der Waals surface area contributed by atoms with Gasteiger partial charge in [-0.1, -0.05) is 30.3 Å². The number of aliphatic hydroxyl groups is 1.